The Kier molecular flexibility index (Phi) is 3.72. The van der Waals surface area contributed by atoms with Crippen molar-refractivity contribution < 1.29 is 13.2 Å². The fourth-order valence-corrected chi connectivity index (χ4v) is 2.51. The highest BCUT2D eigenvalue weighted by Crippen LogP contribution is 2.27. The lowest BCUT2D eigenvalue weighted by atomic mass is 10.2. The van der Waals surface area contributed by atoms with Gasteiger partial charge < -0.3 is 15.5 Å². The highest BCUT2D eigenvalue weighted by molar-refractivity contribution is 7.92. The number of imidazole rings is 1. The largest absolute Gasteiger partial charge is 0.495 e. The van der Waals surface area contributed by atoms with Crippen LogP contribution in [0.25, 0.3) is 0 Å². The molecule has 0 amide bonds. The van der Waals surface area contributed by atoms with Crippen LogP contribution in [0.2, 0.25) is 0 Å². The lowest BCUT2D eigenvalue weighted by Crippen LogP contribution is -2.14. The van der Waals surface area contributed by atoms with Gasteiger partial charge in [-0.1, -0.05) is 6.07 Å². The highest BCUT2D eigenvalue weighted by Gasteiger charge is 2.17. The summed E-state index contributed by atoms with van der Waals surface area (Å²) in [5.41, 5.74) is 6.71. The Morgan fingerprint density at radius 3 is 2.84 bits per heavy atom. The normalized spacial score (nSPS) is 11.3. The third kappa shape index (κ3) is 2.85. The number of sulfonamides is 1. The second kappa shape index (κ2) is 5.29. The first kappa shape index (κ1) is 13.4. The van der Waals surface area contributed by atoms with Gasteiger partial charge in [-0.2, -0.15) is 8.42 Å². The van der Waals surface area contributed by atoms with Gasteiger partial charge in [0.05, 0.1) is 25.3 Å². The predicted octanol–water partition coefficient (Wildman–Crippen LogP) is 0.678. The molecular formula is C11H14N4O3S. The fourth-order valence-electron chi connectivity index (χ4n) is 1.54. The van der Waals surface area contributed by atoms with Gasteiger partial charge in [-0.15, -0.1) is 0 Å². The van der Waals surface area contributed by atoms with Crippen LogP contribution in [0.4, 0.5) is 5.69 Å². The van der Waals surface area contributed by atoms with Crippen LogP contribution < -0.4 is 15.2 Å². The molecule has 2 aromatic rings. The standard InChI is InChI=1S/C11H14N4O3S/c1-18-10-4-8(5-12)2-3-9(10)15-19(16,17)11-6-13-7-14-11/h2-4,6-7,15H,5,12H2,1H3,(H,13,14). The van der Waals surface area contributed by atoms with E-state index in [0.29, 0.717) is 18.0 Å². The molecular weight excluding hydrogens is 268 g/mol. The van der Waals surface area contributed by atoms with Crippen LogP contribution in [0, 0.1) is 0 Å². The first-order valence-electron chi connectivity index (χ1n) is 5.45. The van der Waals surface area contributed by atoms with E-state index in [9.17, 15) is 8.42 Å². The summed E-state index contributed by atoms with van der Waals surface area (Å²) in [6, 6.07) is 5.02. The molecule has 7 nitrogen and oxygen atoms in total. The Morgan fingerprint density at radius 1 is 1.47 bits per heavy atom. The number of nitrogens with zero attached hydrogens (tertiary/aromatic N) is 1. The molecule has 0 fully saturated rings. The topological polar surface area (TPSA) is 110 Å². The maximum absolute atomic E-state index is 12.0. The molecule has 0 radical (unpaired) electrons. The van der Waals surface area contributed by atoms with E-state index in [1.165, 1.54) is 19.6 Å². The number of hydrogen-bond acceptors (Lipinski definition) is 5. The molecule has 19 heavy (non-hydrogen) atoms. The number of benzene rings is 1. The van der Waals surface area contributed by atoms with Crippen molar-refractivity contribution in [2.24, 2.45) is 5.73 Å². The molecule has 0 atom stereocenters. The summed E-state index contributed by atoms with van der Waals surface area (Å²) >= 11 is 0. The van der Waals surface area contributed by atoms with E-state index < -0.39 is 10.0 Å². The first-order valence-corrected chi connectivity index (χ1v) is 6.93. The molecule has 1 aromatic carbocycles. The summed E-state index contributed by atoms with van der Waals surface area (Å²) in [4.78, 5) is 6.21. The van der Waals surface area contributed by atoms with Crippen molar-refractivity contribution in [3.63, 3.8) is 0 Å². The number of nitrogens with two attached hydrogens (primary N) is 1. The van der Waals surface area contributed by atoms with Crippen LogP contribution in [-0.2, 0) is 16.6 Å². The Balaban J connectivity index is 2.34. The number of aromatic nitrogens is 2. The molecule has 2 rings (SSSR count). The zero-order valence-corrected chi connectivity index (χ0v) is 11.1. The lowest BCUT2D eigenvalue weighted by Gasteiger charge is -2.11. The van der Waals surface area contributed by atoms with Gasteiger partial charge in [0.25, 0.3) is 10.0 Å². The zero-order chi connectivity index (χ0) is 13.9. The monoisotopic (exact) mass is 282 g/mol. The van der Waals surface area contributed by atoms with E-state index in [-0.39, 0.29) is 5.03 Å². The molecule has 0 aliphatic rings. The van der Waals surface area contributed by atoms with Gasteiger partial charge in [-0.05, 0) is 17.7 Å². The van der Waals surface area contributed by atoms with Crippen molar-refractivity contribution in [3.8, 4) is 5.75 Å². The van der Waals surface area contributed by atoms with Gasteiger partial charge in [0.1, 0.15) is 5.75 Å². The average Bonchev–Trinajstić information content (AvgIpc) is 2.93. The molecule has 0 unspecified atom stereocenters. The number of ether oxygens (including phenoxy) is 1. The summed E-state index contributed by atoms with van der Waals surface area (Å²) in [6.45, 7) is 0.351. The van der Waals surface area contributed by atoms with Crippen molar-refractivity contribution in [1.82, 2.24) is 9.97 Å². The molecule has 0 spiro atoms. The maximum Gasteiger partial charge on any atom is 0.279 e. The number of aromatic amines is 1. The molecule has 0 saturated carbocycles. The fraction of sp³-hybridized carbons (Fsp3) is 0.182. The van der Waals surface area contributed by atoms with Crippen LogP contribution >= 0.6 is 0 Å². The van der Waals surface area contributed by atoms with Gasteiger partial charge in [0, 0.05) is 6.54 Å². The zero-order valence-electron chi connectivity index (χ0n) is 10.3. The third-order valence-electron chi connectivity index (χ3n) is 2.51. The van der Waals surface area contributed by atoms with Crippen LogP contribution in [0.5, 0.6) is 5.75 Å². The van der Waals surface area contributed by atoms with Crippen LogP contribution in [0.3, 0.4) is 0 Å². The van der Waals surface area contributed by atoms with Gasteiger partial charge in [-0.3, -0.25) is 4.72 Å². The number of methoxy groups -OCH3 is 1. The van der Waals surface area contributed by atoms with Crippen molar-refractivity contribution in [2.75, 3.05) is 11.8 Å². The summed E-state index contributed by atoms with van der Waals surface area (Å²) in [5, 5.41) is -0.0162. The molecule has 0 aliphatic heterocycles. The van der Waals surface area contributed by atoms with E-state index in [2.05, 4.69) is 14.7 Å². The van der Waals surface area contributed by atoms with Gasteiger partial charge in [0.2, 0.25) is 0 Å². The summed E-state index contributed by atoms with van der Waals surface area (Å²) < 4.78 is 31.6. The summed E-state index contributed by atoms with van der Waals surface area (Å²) in [5.74, 6) is 0.408. The second-order valence-electron chi connectivity index (χ2n) is 3.76. The Labute approximate surface area is 110 Å². The number of H-pyrrole nitrogens is 1. The molecule has 1 aromatic heterocycles. The summed E-state index contributed by atoms with van der Waals surface area (Å²) in [7, 11) is -2.24. The molecule has 8 heteroatoms. The Morgan fingerprint density at radius 2 is 2.26 bits per heavy atom. The summed E-state index contributed by atoms with van der Waals surface area (Å²) in [6.07, 6.45) is 2.52. The third-order valence-corrected chi connectivity index (χ3v) is 3.80. The Bertz CT molecular complexity index is 653. The quantitative estimate of drug-likeness (QED) is 0.747. The van der Waals surface area contributed by atoms with Gasteiger partial charge in [-0.25, -0.2) is 4.98 Å². The van der Waals surface area contributed by atoms with E-state index in [1.807, 2.05) is 0 Å². The predicted molar refractivity (Wildman–Crippen MR) is 70.3 cm³/mol. The van der Waals surface area contributed by atoms with E-state index in [4.69, 9.17) is 10.5 Å². The minimum atomic E-state index is -3.70. The molecule has 102 valence electrons. The number of anilines is 1. The molecule has 4 N–H and O–H groups in total. The minimum absolute atomic E-state index is 0.0162. The van der Waals surface area contributed by atoms with Crippen molar-refractivity contribution in [3.05, 3.63) is 36.3 Å². The van der Waals surface area contributed by atoms with Crippen LogP contribution in [0.1, 0.15) is 5.56 Å². The SMILES string of the molecule is COc1cc(CN)ccc1NS(=O)(=O)c1cnc[nH]1. The molecule has 0 aliphatic carbocycles. The molecule has 0 bridgehead atoms. The Hall–Kier alpha value is -2.06. The first-order chi connectivity index (χ1) is 9.06. The average molecular weight is 282 g/mol. The van der Waals surface area contributed by atoms with E-state index >= 15 is 0 Å². The smallest absolute Gasteiger partial charge is 0.279 e. The van der Waals surface area contributed by atoms with Crippen molar-refractivity contribution in [2.45, 2.75) is 11.6 Å². The number of rotatable bonds is 5. The van der Waals surface area contributed by atoms with Gasteiger partial charge >= 0.3 is 0 Å². The lowest BCUT2D eigenvalue weighted by molar-refractivity contribution is 0.416. The number of hydrogen-bond donors (Lipinski definition) is 3. The van der Waals surface area contributed by atoms with E-state index in [1.54, 1.807) is 18.2 Å². The molecule has 0 saturated heterocycles. The van der Waals surface area contributed by atoms with Gasteiger partial charge in [0.15, 0.2) is 5.03 Å². The molecule has 1 heterocycles. The highest BCUT2D eigenvalue weighted by atomic mass is 32.2. The van der Waals surface area contributed by atoms with Crippen LogP contribution in [0.15, 0.2) is 35.7 Å². The van der Waals surface area contributed by atoms with Crippen molar-refractivity contribution in [1.29, 1.82) is 0 Å². The minimum Gasteiger partial charge on any atom is -0.495 e. The number of nitrogens with one attached hydrogen (secondary N) is 2. The van der Waals surface area contributed by atoms with Crippen molar-refractivity contribution >= 4 is 15.7 Å². The van der Waals surface area contributed by atoms with Crippen LogP contribution in [-0.4, -0.2) is 25.5 Å². The maximum atomic E-state index is 12.0. The van der Waals surface area contributed by atoms with E-state index in [0.717, 1.165) is 5.56 Å². The second-order valence-corrected chi connectivity index (χ2v) is 5.41.